The van der Waals surface area contributed by atoms with E-state index in [9.17, 15) is 0 Å². The maximum absolute atomic E-state index is 5.86. The zero-order valence-electron chi connectivity index (χ0n) is 9.74. The molecule has 1 aromatic carbocycles. The van der Waals surface area contributed by atoms with Gasteiger partial charge in [-0.1, -0.05) is 18.2 Å². The predicted octanol–water partition coefficient (Wildman–Crippen LogP) is 2.46. The van der Waals surface area contributed by atoms with E-state index in [0.29, 0.717) is 5.41 Å². The molecular weight excluding hydrogens is 196 g/mol. The number of nitrogens with two attached hydrogens (primary N) is 1. The van der Waals surface area contributed by atoms with E-state index in [1.807, 2.05) is 0 Å². The summed E-state index contributed by atoms with van der Waals surface area (Å²) in [5.74, 6) is 0. The number of para-hydroxylation sites is 1. The summed E-state index contributed by atoms with van der Waals surface area (Å²) in [6, 6.07) is 8.62. The summed E-state index contributed by atoms with van der Waals surface area (Å²) in [6.45, 7) is 0.830. The fourth-order valence-corrected chi connectivity index (χ4v) is 2.60. The van der Waals surface area contributed by atoms with Gasteiger partial charge in [-0.05, 0) is 42.9 Å². The highest BCUT2D eigenvalue weighted by molar-refractivity contribution is 5.84. The van der Waals surface area contributed by atoms with Gasteiger partial charge in [0.2, 0.25) is 0 Å². The molecule has 0 spiro atoms. The van der Waals surface area contributed by atoms with E-state index in [1.165, 1.54) is 29.3 Å². The number of nitrogens with zero attached hydrogens (tertiary/aromatic N) is 1. The number of aromatic nitrogens is 1. The highest BCUT2D eigenvalue weighted by Gasteiger charge is 2.41. The van der Waals surface area contributed by atoms with Crippen LogP contribution in [0.5, 0.6) is 0 Å². The minimum atomic E-state index is 0.421. The van der Waals surface area contributed by atoms with Crippen molar-refractivity contribution in [3.8, 4) is 0 Å². The van der Waals surface area contributed by atoms with Crippen molar-refractivity contribution in [2.45, 2.75) is 19.3 Å². The van der Waals surface area contributed by atoms with Crippen molar-refractivity contribution in [1.29, 1.82) is 0 Å². The molecule has 1 fully saturated rings. The molecule has 1 heterocycles. The molecule has 0 amide bonds. The third-order valence-corrected chi connectivity index (χ3v) is 3.94. The quantitative estimate of drug-likeness (QED) is 0.836. The number of rotatable bonds is 3. The molecule has 3 rings (SSSR count). The Hall–Kier alpha value is -1.28. The number of aryl methyl sites for hydroxylation is 1. The smallest absolute Gasteiger partial charge is 0.0480 e. The van der Waals surface area contributed by atoms with Gasteiger partial charge in [0.25, 0.3) is 0 Å². The molecule has 84 valence electrons. The van der Waals surface area contributed by atoms with Crippen molar-refractivity contribution in [3.05, 3.63) is 36.0 Å². The van der Waals surface area contributed by atoms with Crippen LogP contribution in [0.15, 0.2) is 30.5 Å². The van der Waals surface area contributed by atoms with Gasteiger partial charge in [0.15, 0.2) is 0 Å². The van der Waals surface area contributed by atoms with Gasteiger partial charge in [-0.15, -0.1) is 0 Å². The van der Waals surface area contributed by atoms with Crippen molar-refractivity contribution < 1.29 is 0 Å². The van der Waals surface area contributed by atoms with E-state index in [-0.39, 0.29) is 0 Å². The number of hydrogen-bond donors (Lipinski definition) is 1. The molecule has 1 aromatic heterocycles. The van der Waals surface area contributed by atoms with Crippen molar-refractivity contribution in [2.75, 3.05) is 6.54 Å². The van der Waals surface area contributed by atoms with Gasteiger partial charge in [-0.3, -0.25) is 0 Å². The molecule has 2 heteroatoms. The monoisotopic (exact) mass is 214 g/mol. The third-order valence-electron chi connectivity index (χ3n) is 3.94. The van der Waals surface area contributed by atoms with Crippen LogP contribution in [0.4, 0.5) is 0 Å². The fraction of sp³-hybridized carbons (Fsp3) is 0.429. The van der Waals surface area contributed by atoms with E-state index in [0.717, 1.165) is 13.0 Å². The van der Waals surface area contributed by atoms with Crippen LogP contribution in [0.25, 0.3) is 10.9 Å². The molecule has 1 saturated carbocycles. The minimum Gasteiger partial charge on any atom is -0.350 e. The van der Waals surface area contributed by atoms with Gasteiger partial charge >= 0.3 is 0 Å². The van der Waals surface area contributed by atoms with Crippen LogP contribution in [-0.4, -0.2) is 11.1 Å². The van der Waals surface area contributed by atoms with Crippen molar-refractivity contribution >= 4 is 10.9 Å². The maximum Gasteiger partial charge on any atom is 0.0480 e. The largest absolute Gasteiger partial charge is 0.350 e. The second-order valence-corrected chi connectivity index (χ2v) is 5.16. The summed E-state index contributed by atoms with van der Waals surface area (Å²) in [6.07, 6.45) is 6.00. The average Bonchev–Trinajstić information content (AvgIpc) is 3.02. The SMILES string of the molecule is Cn1cc(CC2(CN)CC2)c2ccccc21. The summed E-state index contributed by atoms with van der Waals surface area (Å²) in [7, 11) is 2.12. The Morgan fingerprint density at radius 2 is 2.06 bits per heavy atom. The zero-order chi connectivity index (χ0) is 11.2. The fourth-order valence-electron chi connectivity index (χ4n) is 2.60. The first-order valence-electron chi connectivity index (χ1n) is 5.97. The molecule has 16 heavy (non-hydrogen) atoms. The Morgan fingerprint density at radius 1 is 1.31 bits per heavy atom. The van der Waals surface area contributed by atoms with E-state index in [1.54, 1.807) is 0 Å². The summed E-state index contributed by atoms with van der Waals surface area (Å²) in [5.41, 5.74) is 9.07. The summed E-state index contributed by atoms with van der Waals surface area (Å²) < 4.78 is 2.22. The number of fused-ring (bicyclic) bond motifs is 1. The van der Waals surface area contributed by atoms with Crippen LogP contribution < -0.4 is 5.73 Å². The Labute approximate surface area is 96.1 Å². The molecule has 0 aliphatic heterocycles. The highest BCUT2D eigenvalue weighted by Crippen LogP contribution is 2.48. The van der Waals surface area contributed by atoms with Crippen LogP contribution in [0.2, 0.25) is 0 Å². The summed E-state index contributed by atoms with van der Waals surface area (Å²) >= 11 is 0. The predicted molar refractivity (Wildman–Crippen MR) is 67.3 cm³/mol. The molecule has 1 aliphatic carbocycles. The van der Waals surface area contributed by atoms with E-state index in [4.69, 9.17) is 5.73 Å². The van der Waals surface area contributed by atoms with Gasteiger partial charge in [0.1, 0.15) is 0 Å². The average molecular weight is 214 g/mol. The standard InChI is InChI=1S/C14H18N2/c1-16-9-11(8-14(10-15)6-7-14)12-4-2-3-5-13(12)16/h2-5,9H,6-8,10,15H2,1H3. The van der Waals surface area contributed by atoms with E-state index < -0.39 is 0 Å². The van der Waals surface area contributed by atoms with Gasteiger partial charge < -0.3 is 10.3 Å². The van der Waals surface area contributed by atoms with Gasteiger partial charge in [-0.25, -0.2) is 0 Å². The topological polar surface area (TPSA) is 30.9 Å². The summed E-state index contributed by atoms with van der Waals surface area (Å²) in [4.78, 5) is 0. The molecule has 0 unspecified atom stereocenters. The first-order chi connectivity index (χ1) is 7.74. The summed E-state index contributed by atoms with van der Waals surface area (Å²) in [5, 5.41) is 1.39. The van der Waals surface area contributed by atoms with Gasteiger partial charge in [0, 0.05) is 24.1 Å². The van der Waals surface area contributed by atoms with E-state index in [2.05, 4.69) is 42.1 Å². The van der Waals surface area contributed by atoms with Crippen LogP contribution in [0.1, 0.15) is 18.4 Å². The van der Waals surface area contributed by atoms with Crippen molar-refractivity contribution in [3.63, 3.8) is 0 Å². The van der Waals surface area contributed by atoms with E-state index >= 15 is 0 Å². The van der Waals surface area contributed by atoms with Crippen LogP contribution in [-0.2, 0) is 13.5 Å². The van der Waals surface area contributed by atoms with Gasteiger partial charge in [-0.2, -0.15) is 0 Å². The van der Waals surface area contributed by atoms with Gasteiger partial charge in [0.05, 0.1) is 0 Å². The lowest BCUT2D eigenvalue weighted by molar-refractivity contribution is 0.522. The minimum absolute atomic E-state index is 0.421. The lowest BCUT2D eigenvalue weighted by Crippen LogP contribution is -2.17. The molecule has 1 aliphatic rings. The molecule has 2 aromatic rings. The maximum atomic E-state index is 5.86. The Bertz CT molecular complexity index is 521. The molecule has 2 N–H and O–H groups in total. The first-order valence-corrected chi connectivity index (χ1v) is 5.97. The second kappa shape index (κ2) is 3.36. The molecule has 2 nitrogen and oxygen atoms in total. The first kappa shape index (κ1) is 9.91. The normalized spacial score (nSPS) is 17.9. The van der Waals surface area contributed by atoms with Crippen molar-refractivity contribution in [1.82, 2.24) is 4.57 Å². The zero-order valence-corrected chi connectivity index (χ0v) is 9.74. The Balaban J connectivity index is 2.04. The molecule has 0 atom stereocenters. The molecule has 0 bridgehead atoms. The molecule has 0 radical (unpaired) electrons. The van der Waals surface area contributed by atoms with Crippen molar-refractivity contribution in [2.24, 2.45) is 18.2 Å². The van der Waals surface area contributed by atoms with Crippen LogP contribution in [0.3, 0.4) is 0 Å². The molecule has 0 saturated heterocycles. The lowest BCUT2D eigenvalue weighted by atomic mass is 9.96. The number of benzene rings is 1. The lowest BCUT2D eigenvalue weighted by Gasteiger charge is -2.10. The van der Waals surface area contributed by atoms with Crippen LogP contribution in [0, 0.1) is 5.41 Å². The molecular formula is C14H18N2. The third kappa shape index (κ3) is 1.45. The number of hydrogen-bond acceptors (Lipinski definition) is 1. The van der Waals surface area contributed by atoms with Crippen LogP contribution >= 0.6 is 0 Å². The highest BCUT2D eigenvalue weighted by atomic mass is 14.9. The Kier molecular flexibility index (Phi) is 2.08. The second-order valence-electron chi connectivity index (χ2n) is 5.16. The Morgan fingerprint density at radius 3 is 2.75 bits per heavy atom.